The van der Waals surface area contributed by atoms with Crippen LogP contribution in [0.2, 0.25) is 0 Å². The number of carbonyl (C=O) groups excluding carboxylic acids is 1. The molecule has 10 nitrogen and oxygen atoms in total. The van der Waals surface area contributed by atoms with E-state index in [-0.39, 0.29) is 18.1 Å². The van der Waals surface area contributed by atoms with E-state index in [0.29, 0.717) is 35.1 Å². The van der Waals surface area contributed by atoms with Crippen LogP contribution in [0.1, 0.15) is 41.4 Å². The fourth-order valence-electron chi connectivity index (χ4n) is 3.53. The molecular formula is C22H21N5O5. The van der Waals surface area contributed by atoms with E-state index in [9.17, 15) is 14.7 Å². The third-order valence-electron chi connectivity index (χ3n) is 5.02. The summed E-state index contributed by atoms with van der Waals surface area (Å²) in [6, 6.07) is 13.3. The van der Waals surface area contributed by atoms with Gasteiger partial charge in [-0.2, -0.15) is 4.68 Å². The molecule has 0 amide bonds. The Bertz CT molecular complexity index is 1190. The molecule has 164 valence electrons. The Hall–Kier alpha value is -4.21. The van der Waals surface area contributed by atoms with Gasteiger partial charge >= 0.3 is 11.9 Å². The van der Waals surface area contributed by atoms with Crippen LogP contribution in [0.5, 0.6) is 5.75 Å². The Morgan fingerprint density at radius 1 is 1.16 bits per heavy atom. The number of nitrogens with one attached hydrogen (secondary N) is 1. The highest BCUT2D eigenvalue weighted by Crippen LogP contribution is 2.38. The van der Waals surface area contributed by atoms with Gasteiger partial charge in [-0.25, -0.2) is 9.59 Å². The van der Waals surface area contributed by atoms with Gasteiger partial charge in [-0.15, -0.1) is 0 Å². The van der Waals surface area contributed by atoms with Crippen molar-refractivity contribution in [1.82, 2.24) is 20.2 Å². The first-order valence-electron chi connectivity index (χ1n) is 9.96. The lowest BCUT2D eigenvalue weighted by Crippen LogP contribution is -2.29. The summed E-state index contributed by atoms with van der Waals surface area (Å²) in [4.78, 5) is 23.9. The summed E-state index contributed by atoms with van der Waals surface area (Å²) in [7, 11) is 0. The predicted octanol–water partition coefficient (Wildman–Crippen LogP) is 2.80. The van der Waals surface area contributed by atoms with Crippen LogP contribution >= 0.6 is 0 Å². The van der Waals surface area contributed by atoms with Crippen molar-refractivity contribution >= 4 is 17.9 Å². The molecule has 3 aromatic rings. The number of carboxylic acid groups (broad SMARTS) is 1. The number of aromatic nitrogens is 4. The first-order chi connectivity index (χ1) is 15.5. The number of carboxylic acids is 1. The van der Waals surface area contributed by atoms with E-state index in [0.717, 1.165) is 5.56 Å². The smallest absolute Gasteiger partial charge is 0.338 e. The van der Waals surface area contributed by atoms with Crippen molar-refractivity contribution in [1.29, 1.82) is 0 Å². The Kier molecular flexibility index (Phi) is 5.84. The zero-order valence-electron chi connectivity index (χ0n) is 17.5. The number of hydrogen-bond donors (Lipinski definition) is 2. The third kappa shape index (κ3) is 4.02. The maximum absolute atomic E-state index is 12.0. The lowest BCUT2D eigenvalue weighted by atomic mass is 9.95. The zero-order valence-corrected chi connectivity index (χ0v) is 17.5. The molecule has 0 bridgehead atoms. The molecule has 4 rings (SSSR count). The van der Waals surface area contributed by atoms with E-state index >= 15 is 0 Å². The molecule has 1 aliphatic rings. The van der Waals surface area contributed by atoms with Gasteiger partial charge in [-0.1, -0.05) is 35.4 Å². The molecule has 0 radical (unpaired) electrons. The van der Waals surface area contributed by atoms with Crippen molar-refractivity contribution in [2.75, 3.05) is 11.9 Å². The lowest BCUT2D eigenvalue weighted by molar-refractivity contribution is -0.133. The normalized spacial score (nSPS) is 15.0. The first-order valence-corrected chi connectivity index (χ1v) is 9.96. The molecule has 0 saturated heterocycles. The van der Waals surface area contributed by atoms with E-state index in [2.05, 4.69) is 20.8 Å². The number of benzene rings is 2. The van der Waals surface area contributed by atoms with Crippen LogP contribution in [-0.2, 0) is 16.1 Å². The molecule has 2 aromatic carbocycles. The van der Waals surface area contributed by atoms with Gasteiger partial charge in [0, 0.05) is 11.3 Å². The lowest BCUT2D eigenvalue weighted by Gasteiger charge is -2.27. The number of hydrogen-bond acceptors (Lipinski definition) is 8. The monoisotopic (exact) mass is 435 g/mol. The minimum atomic E-state index is -1.08. The SMILES string of the molecule is CCOC(=O)c1ccc(COc2ccccc2C2C(C(=O)O)=C(C)Nc3nnnn32)cc1. The van der Waals surface area contributed by atoms with Gasteiger partial charge in [0.05, 0.1) is 17.7 Å². The number of esters is 1. The number of aliphatic carboxylic acids is 1. The van der Waals surface area contributed by atoms with E-state index in [1.54, 1.807) is 62.4 Å². The van der Waals surface area contributed by atoms with Gasteiger partial charge in [0.2, 0.25) is 5.95 Å². The number of ether oxygens (including phenoxy) is 2. The number of fused-ring (bicyclic) bond motifs is 1. The third-order valence-corrected chi connectivity index (χ3v) is 5.02. The van der Waals surface area contributed by atoms with Crippen LogP contribution in [0.15, 0.2) is 59.8 Å². The molecular weight excluding hydrogens is 414 g/mol. The second kappa shape index (κ2) is 8.88. The van der Waals surface area contributed by atoms with Gasteiger partial charge in [0.1, 0.15) is 18.4 Å². The van der Waals surface area contributed by atoms with Crippen LogP contribution in [-0.4, -0.2) is 43.9 Å². The maximum atomic E-state index is 12.0. The summed E-state index contributed by atoms with van der Waals surface area (Å²) < 4.78 is 12.5. The molecule has 10 heteroatoms. The van der Waals surface area contributed by atoms with E-state index in [1.807, 2.05) is 0 Å². The molecule has 2 heterocycles. The highest BCUT2D eigenvalue weighted by molar-refractivity contribution is 5.91. The molecule has 0 saturated carbocycles. The average Bonchev–Trinajstić information content (AvgIpc) is 3.25. The van der Waals surface area contributed by atoms with Gasteiger partial charge < -0.3 is 19.9 Å². The van der Waals surface area contributed by atoms with Crippen molar-refractivity contribution in [3.63, 3.8) is 0 Å². The fraction of sp³-hybridized carbons (Fsp3) is 0.227. The summed E-state index contributed by atoms with van der Waals surface area (Å²) in [5, 5.41) is 24.3. The summed E-state index contributed by atoms with van der Waals surface area (Å²) in [6.07, 6.45) is 0. The maximum Gasteiger partial charge on any atom is 0.338 e. The highest BCUT2D eigenvalue weighted by atomic mass is 16.5. The highest BCUT2D eigenvalue weighted by Gasteiger charge is 2.35. The van der Waals surface area contributed by atoms with E-state index in [4.69, 9.17) is 9.47 Å². The standard InChI is InChI=1S/C22H21N5O5/c1-3-31-21(30)15-10-8-14(9-11-15)12-32-17-7-5-4-6-16(17)19-18(20(28)29)13(2)23-22-24-25-26-27(19)22/h4-11,19H,3,12H2,1-2H3,(H,28,29)(H,23,24,26). The van der Waals surface area contributed by atoms with Gasteiger partial charge in [-0.3, -0.25) is 0 Å². The Morgan fingerprint density at radius 2 is 1.91 bits per heavy atom. The molecule has 1 atom stereocenters. The summed E-state index contributed by atoms with van der Waals surface area (Å²) in [5.74, 6) is -0.606. The van der Waals surface area contributed by atoms with Gasteiger partial charge in [-0.05, 0) is 48.0 Å². The molecule has 0 aliphatic carbocycles. The van der Waals surface area contributed by atoms with Crippen molar-refractivity contribution in [2.45, 2.75) is 26.5 Å². The van der Waals surface area contributed by atoms with Crippen LogP contribution in [0, 0.1) is 0 Å². The molecule has 1 unspecified atom stereocenters. The van der Waals surface area contributed by atoms with Crippen LogP contribution in [0.3, 0.4) is 0 Å². The van der Waals surface area contributed by atoms with Gasteiger partial charge in [0.25, 0.3) is 0 Å². The second-order valence-corrected chi connectivity index (χ2v) is 7.06. The zero-order chi connectivity index (χ0) is 22.7. The van der Waals surface area contributed by atoms with Crippen LogP contribution in [0.25, 0.3) is 0 Å². The second-order valence-electron chi connectivity index (χ2n) is 7.06. The molecule has 1 aliphatic heterocycles. The fourth-order valence-corrected chi connectivity index (χ4v) is 3.53. The summed E-state index contributed by atoms with van der Waals surface area (Å²) in [6.45, 7) is 3.96. The Morgan fingerprint density at radius 3 is 2.62 bits per heavy atom. The minimum absolute atomic E-state index is 0.125. The molecule has 0 spiro atoms. The topological polar surface area (TPSA) is 128 Å². The number of allylic oxidation sites excluding steroid dienone is 1. The number of tetrazole rings is 1. The quantitative estimate of drug-likeness (QED) is 0.538. The predicted molar refractivity (Wildman–Crippen MR) is 113 cm³/mol. The van der Waals surface area contributed by atoms with Crippen molar-refractivity contribution in [2.24, 2.45) is 0 Å². The number of carbonyl (C=O) groups is 2. The Labute approximate surface area is 183 Å². The largest absolute Gasteiger partial charge is 0.489 e. The van der Waals surface area contributed by atoms with E-state index < -0.39 is 12.0 Å². The molecule has 0 fully saturated rings. The van der Waals surface area contributed by atoms with Crippen LogP contribution < -0.4 is 10.1 Å². The average molecular weight is 435 g/mol. The van der Waals surface area contributed by atoms with Crippen molar-refractivity contribution in [3.05, 3.63) is 76.5 Å². The molecule has 1 aromatic heterocycles. The molecule has 2 N–H and O–H groups in total. The number of nitrogens with zero attached hydrogens (tertiary/aromatic N) is 4. The van der Waals surface area contributed by atoms with Crippen molar-refractivity contribution in [3.8, 4) is 5.75 Å². The first kappa shape index (κ1) is 21.0. The summed E-state index contributed by atoms with van der Waals surface area (Å²) in [5.41, 5.74) is 2.49. The number of para-hydroxylation sites is 1. The van der Waals surface area contributed by atoms with Crippen LogP contribution in [0.4, 0.5) is 5.95 Å². The van der Waals surface area contributed by atoms with E-state index in [1.165, 1.54) is 4.68 Å². The van der Waals surface area contributed by atoms with Gasteiger partial charge in [0.15, 0.2) is 0 Å². The minimum Gasteiger partial charge on any atom is -0.489 e. The Balaban J connectivity index is 1.61. The number of rotatable bonds is 7. The summed E-state index contributed by atoms with van der Waals surface area (Å²) >= 11 is 0. The van der Waals surface area contributed by atoms with Crippen molar-refractivity contribution < 1.29 is 24.2 Å². The molecule has 32 heavy (non-hydrogen) atoms. The number of anilines is 1.